The molecule has 36 heavy (non-hydrogen) atoms. The summed E-state index contributed by atoms with van der Waals surface area (Å²) in [5.41, 5.74) is 8.00. The molecule has 1 fully saturated rings. The van der Waals surface area contributed by atoms with Gasteiger partial charge < -0.3 is 20.9 Å². The Morgan fingerprint density at radius 3 is 2.50 bits per heavy atom. The number of likely N-dealkylation sites (tertiary alicyclic amines) is 1. The van der Waals surface area contributed by atoms with Crippen LogP contribution in [0.3, 0.4) is 0 Å². The lowest BCUT2D eigenvalue weighted by Crippen LogP contribution is -2.51. The third-order valence-corrected chi connectivity index (χ3v) is 7.29. The fourth-order valence-corrected chi connectivity index (χ4v) is 4.81. The van der Waals surface area contributed by atoms with E-state index in [1.807, 2.05) is 66.7 Å². The molecule has 1 atom stereocenters. The number of carbonyl (C=O) groups excluding carboxylic acids is 1. The van der Waals surface area contributed by atoms with Crippen molar-refractivity contribution in [3.63, 3.8) is 0 Å². The van der Waals surface area contributed by atoms with Crippen molar-refractivity contribution < 1.29 is 14.6 Å². The van der Waals surface area contributed by atoms with E-state index in [0.29, 0.717) is 44.1 Å². The van der Waals surface area contributed by atoms with Crippen molar-refractivity contribution in [2.45, 2.75) is 37.6 Å². The normalized spacial score (nSPS) is 16.3. The lowest BCUT2D eigenvalue weighted by molar-refractivity contribution is -0.124. The van der Waals surface area contributed by atoms with Crippen molar-refractivity contribution in [1.82, 2.24) is 10.2 Å². The third kappa shape index (κ3) is 7.31. The summed E-state index contributed by atoms with van der Waals surface area (Å²) in [4.78, 5) is 14.8. The van der Waals surface area contributed by atoms with Gasteiger partial charge in [-0.1, -0.05) is 70.0 Å². The Balaban J connectivity index is 1.29. The second-order valence-corrected chi connectivity index (χ2v) is 10.6. The monoisotopic (exact) mass is 571 g/mol. The number of nitrogens with zero attached hydrogens (tertiary/aromatic N) is 1. The summed E-state index contributed by atoms with van der Waals surface area (Å²) in [5.74, 6) is 0.546. The molecule has 1 aliphatic rings. The minimum Gasteiger partial charge on any atom is -0.489 e. The van der Waals surface area contributed by atoms with Gasteiger partial charge in [-0.3, -0.25) is 9.69 Å². The highest BCUT2D eigenvalue weighted by atomic mass is 79.9. The maximum Gasteiger partial charge on any atom is 0.241 e. The van der Waals surface area contributed by atoms with E-state index in [-0.39, 0.29) is 12.5 Å². The summed E-state index contributed by atoms with van der Waals surface area (Å²) in [6.07, 6.45) is 1.12. The predicted octanol–water partition coefficient (Wildman–Crippen LogP) is 4.82. The van der Waals surface area contributed by atoms with Crippen LogP contribution in [0.2, 0.25) is 5.02 Å². The van der Waals surface area contributed by atoms with E-state index in [9.17, 15) is 9.90 Å². The molecule has 190 valence electrons. The average Bonchev–Trinajstić information content (AvgIpc) is 2.89. The van der Waals surface area contributed by atoms with Crippen LogP contribution in [0.1, 0.15) is 35.6 Å². The highest BCUT2D eigenvalue weighted by Gasteiger charge is 2.33. The number of nitrogens with one attached hydrogen (secondary N) is 1. The molecule has 3 aromatic carbocycles. The first-order valence-corrected chi connectivity index (χ1v) is 13.2. The Labute approximate surface area is 225 Å². The summed E-state index contributed by atoms with van der Waals surface area (Å²) < 4.78 is 7.11. The summed E-state index contributed by atoms with van der Waals surface area (Å²) in [5, 5.41) is 14.6. The van der Waals surface area contributed by atoms with Gasteiger partial charge in [0, 0.05) is 41.2 Å². The van der Waals surface area contributed by atoms with Gasteiger partial charge in [-0.15, -0.1) is 0 Å². The Bertz CT molecular complexity index is 1150. The van der Waals surface area contributed by atoms with Crippen molar-refractivity contribution >= 4 is 33.4 Å². The van der Waals surface area contributed by atoms with Crippen LogP contribution < -0.4 is 15.8 Å². The molecule has 0 aliphatic carbocycles. The van der Waals surface area contributed by atoms with Crippen LogP contribution in [0, 0.1) is 0 Å². The summed E-state index contributed by atoms with van der Waals surface area (Å²) in [6, 6.07) is 22.1. The number of piperidine rings is 1. The Hall–Kier alpha value is -2.42. The van der Waals surface area contributed by atoms with E-state index < -0.39 is 11.6 Å². The van der Waals surface area contributed by atoms with Crippen molar-refractivity contribution in [3.05, 3.63) is 99.0 Å². The fourth-order valence-electron chi connectivity index (χ4n) is 4.27. The maximum absolute atomic E-state index is 12.5. The van der Waals surface area contributed by atoms with Gasteiger partial charge in [-0.25, -0.2) is 0 Å². The molecule has 1 unspecified atom stereocenters. The number of nitrogens with two attached hydrogens (primary N) is 1. The standard InChI is InChI=1S/C28H31BrClN3O3/c29-23-8-11-25(36-18-20-6-9-24(30)10-7-20)22(16-23)17-33-14-12-28(35,13-15-33)19-32-27(34)26(31)21-4-2-1-3-5-21/h1-11,16,26,35H,12-15,17-19,31H2,(H,32,34). The second kappa shape index (κ2) is 12.2. The smallest absolute Gasteiger partial charge is 0.241 e. The lowest BCUT2D eigenvalue weighted by Gasteiger charge is -2.38. The zero-order valence-electron chi connectivity index (χ0n) is 20.0. The number of carbonyl (C=O) groups is 1. The van der Waals surface area contributed by atoms with Crippen LogP contribution in [0.5, 0.6) is 5.75 Å². The molecule has 0 aromatic heterocycles. The molecule has 4 N–H and O–H groups in total. The highest BCUT2D eigenvalue weighted by Crippen LogP contribution is 2.29. The minimum absolute atomic E-state index is 0.187. The van der Waals surface area contributed by atoms with Crippen molar-refractivity contribution in [2.24, 2.45) is 5.73 Å². The van der Waals surface area contributed by atoms with Gasteiger partial charge in [0.15, 0.2) is 0 Å². The van der Waals surface area contributed by atoms with E-state index in [1.54, 1.807) is 0 Å². The van der Waals surface area contributed by atoms with E-state index >= 15 is 0 Å². The molecule has 0 bridgehead atoms. The SMILES string of the molecule is NC(C(=O)NCC1(O)CCN(Cc2cc(Br)ccc2OCc2ccc(Cl)cc2)CC1)c1ccccc1. The van der Waals surface area contributed by atoms with E-state index in [4.69, 9.17) is 22.1 Å². The number of hydrogen-bond acceptors (Lipinski definition) is 5. The number of aliphatic hydroxyl groups is 1. The molecule has 1 heterocycles. The summed E-state index contributed by atoms with van der Waals surface area (Å²) in [6.45, 7) is 2.76. The lowest BCUT2D eigenvalue weighted by atomic mass is 9.91. The zero-order valence-corrected chi connectivity index (χ0v) is 22.3. The molecular formula is C28H31BrClN3O3. The quantitative estimate of drug-likeness (QED) is 0.342. The van der Waals surface area contributed by atoms with Crippen LogP contribution in [-0.4, -0.2) is 41.1 Å². The first-order valence-electron chi connectivity index (χ1n) is 12.0. The number of hydrogen-bond donors (Lipinski definition) is 3. The third-order valence-electron chi connectivity index (χ3n) is 6.54. The molecule has 0 spiro atoms. The fraction of sp³-hybridized carbons (Fsp3) is 0.321. The Kier molecular flexibility index (Phi) is 9.04. The molecule has 3 aromatic rings. The maximum atomic E-state index is 12.5. The molecule has 4 rings (SSSR count). The Morgan fingerprint density at radius 2 is 1.81 bits per heavy atom. The summed E-state index contributed by atoms with van der Waals surface area (Å²) in [7, 11) is 0. The van der Waals surface area contributed by atoms with Crippen LogP contribution in [0.4, 0.5) is 0 Å². The van der Waals surface area contributed by atoms with E-state index in [0.717, 1.165) is 26.9 Å². The van der Waals surface area contributed by atoms with Crippen LogP contribution in [0.25, 0.3) is 0 Å². The van der Waals surface area contributed by atoms with Crippen LogP contribution in [0.15, 0.2) is 77.3 Å². The number of rotatable bonds is 9. The first kappa shape index (κ1) is 26.6. The molecule has 6 nitrogen and oxygen atoms in total. The van der Waals surface area contributed by atoms with Crippen LogP contribution >= 0.6 is 27.5 Å². The van der Waals surface area contributed by atoms with Crippen molar-refractivity contribution in [3.8, 4) is 5.75 Å². The van der Waals surface area contributed by atoms with Gasteiger partial charge in [0.25, 0.3) is 0 Å². The highest BCUT2D eigenvalue weighted by molar-refractivity contribution is 9.10. The van der Waals surface area contributed by atoms with Gasteiger partial charge >= 0.3 is 0 Å². The molecule has 1 saturated heterocycles. The van der Waals surface area contributed by atoms with Crippen molar-refractivity contribution in [1.29, 1.82) is 0 Å². The number of benzene rings is 3. The van der Waals surface area contributed by atoms with Gasteiger partial charge in [-0.2, -0.15) is 0 Å². The zero-order chi connectivity index (χ0) is 25.5. The average molecular weight is 573 g/mol. The minimum atomic E-state index is -0.951. The van der Waals surface area contributed by atoms with Crippen LogP contribution in [-0.2, 0) is 17.9 Å². The molecular weight excluding hydrogens is 542 g/mol. The second-order valence-electron chi connectivity index (χ2n) is 9.27. The first-order chi connectivity index (χ1) is 17.3. The topological polar surface area (TPSA) is 87.8 Å². The van der Waals surface area contributed by atoms with Gasteiger partial charge in [0.05, 0.1) is 5.60 Å². The molecule has 0 saturated carbocycles. The van der Waals surface area contributed by atoms with Crippen molar-refractivity contribution in [2.75, 3.05) is 19.6 Å². The Morgan fingerprint density at radius 1 is 1.11 bits per heavy atom. The molecule has 8 heteroatoms. The van der Waals surface area contributed by atoms with Gasteiger partial charge in [0.1, 0.15) is 18.4 Å². The number of halogens is 2. The van der Waals surface area contributed by atoms with Gasteiger partial charge in [0.2, 0.25) is 5.91 Å². The number of ether oxygens (including phenoxy) is 1. The largest absolute Gasteiger partial charge is 0.489 e. The molecule has 0 radical (unpaired) electrons. The van der Waals surface area contributed by atoms with E-state index in [2.05, 4.69) is 32.2 Å². The predicted molar refractivity (Wildman–Crippen MR) is 146 cm³/mol. The molecule has 1 aliphatic heterocycles. The summed E-state index contributed by atoms with van der Waals surface area (Å²) >= 11 is 9.55. The van der Waals surface area contributed by atoms with Gasteiger partial charge in [-0.05, 0) is 54.3 Å². The molecule has 1 amide bonds. The number of amides is 1. The van der Waals surface area contributed by atoms with E-state index in [1.165, 1.54) is 0 Å².